The zero-order valence-corrected chi connectivity index (χ0v) is 14.9. The van der Waals surface area contributed by atoms with Crippen LogP contribution in [0, 0.1) is 0 Å². The molecule has 27 heavy (non-hydrogen) atoms. The van der Waals surface area contributed by atoms with Crippen molar-refractivity contribution >= 4 is 17.1 Å². The molecule has 4 aromatic rings. The molecule has 0 atom stereocenters. The molecule has 7 nitrogen and oxygen atoms in total. The Morgan fingerprint density at radius 3 is 2.70 bits per heavy atom. The summed E-state index contributed by atoms with van der Waals surface area (Å²) in [4.78, 5) is 0. The van der Waals surface area contributed by atoms with Crippen molar-refractivity contribution < 1.29 is 9.47 Å². The van der Waals surface area contributed by atoms with E-state index in [9.17, 15) is 0 Å². The van der Waals surface area contributed by atoms with Crippen molar-refractivity contribution in [1.82, 2.24) is 19.4 Å². The van der Waals surface area contributed by atoms with Gasteiger partial charge in [-0.15, -0.1) is 10.2 Å². The van der Waals surface area contributed by atoms with Crippen molar-refractivity contribution in [3.05, 3.63) is 72.9 Å². The first-order valence-electron chi connectivity index (χ1n) is 8.57. The summed E-state index contributed by atoms with van der Waals surface area (Å²) in [7, 11) is 1.65. The van der Waals surface area contributed by atoms with Crippen LogP contribution in [0.2, 0.25) is 0 Å². The Bertz CT molecular complexity index is 1050. The molecule has 0 spiro atoms. The lowest BCUT2D eigenvalue weighted by Crippen LogP contribution is -2.07. The number of benzene rings is 2. The van der Waals surface area contributed by atoms with E-state index in [0.717, 1.165) is 34.5 Å². The molecule has 2 aromatic heterocycles. The molecule has 0 radical (unpaired) electrons. The summed E-state index contributed by atoms with van der Waals surface area (Å²) in [5, 5.41) is 13.0. The van der Waals surface area contributed by atoms with Crippen LogP contribution >= 0.6 is 0 Å². The van der Waals surface area contributed by atoms with E-state index in [1.165, 1.54) is 0 Å². The minimum absolute atomic E-state index is 0.549. The van der Waals surface area contributed by atoms with Crippen LogP contribution in [0.3, 0.4) is 0 Å². The fourth-order valence-corrected chi connectivity index (χ4v) is 2.90. The predicted molar refractivity (Wildman–Crippen MR) is 103 cm³/mol. The SMILES string of the molecule is COc1cccc(OCCn2cc(C=Nn3cnnc3)c3ccccc32)c1. The van der Waals surface area contributed by atoms with Crippen LogP contribution in [-0.2, 0) is 6.54 Å². The Kier molecular flexibility index (Phi) is 4.82. The van der Waals surface area contributed by atoms with E-state index in [1.807, 2.05) is 42.6 Å². The molecule has 2 aromatic carbocycles. The molecule has 0 fully saturated rings. The molecular formula is C20H19N5O2. The van der Waals surface area contributed by atoms with Gasteiger partial charge in [-0.2, -0.15) is 5.10 Å². The highest BCUT2D eigenvalue weighted by Crippen LogP contribution is 2.21. The molecule has 0 saturated heterocycles. The smallest absolute Gasteiger partial charge is 0.141 e. The van der Waals surface area contributed by atoms with Gasteiger partial charge < -0.3 is 14.0 Å². The first-order chi connectivity index (χ1) is 13.3. The maximum absolute atomic E-state index is 5.87. The highest BCUT2D eigenvalue weighted by molar-refractivity contribution is 5.99. The molecule has 0 saturated carbocycles. The molecule has 0 aliphatic heterocycles. The van der Waals surface area contributed by atoms with Gasteiger partial charge in [-0.3, -0.25) is 0 Å². The van der Waals surface area contributed by atoms with Gasteiger partial charge in [0.2, 0.25) is 0 Å². The summed E-state index contributed by atoms with van der Waals surface area (Å²) in [6.45, 7) is 1.27. The maximum atomic E-state index is 5.87. The molecule has 2 heterocycles. The summed E-state index contributed by atoms with van der Waals surface area (Å²) in [6, 6.07) is 15.8. The molecule has 0 aliphatic carbocycles. The number of fused-ring (bicyclic) bond motifs is 1. The summed E-state index contributed by atoms with van der Waals surface area (Å²) in [5.74, 6) is 1.58. The average Bonchev–Trinajstić information content (AvgIpc) is 3.35. The van der Waals surface area contributed by atoms with E-state index in [1.54, 1.807) is 24.4 Å². The lowest BCUT2D eigenvalue weighted by atomic mass is 10.2. The lowest BCUT2D eigenvalue weighted by molar-refractivity contribution is 0.298. The van der Waals surface area contributed by atoms with Gasteiger partial charge >= 0.3 is 0 Å². The maximum Gasteiger partial charge on any atom is 0.141 e. The van der Waals surface area contributed by atoms with Crippen LogP contribution in [0.25, 0.3) is 10.9 Å². The second kappa shape index (κ2) is 7.74. The second-order valence-electron chi connectivity index (χ2n) is 5.91. The van der Waals surface area contributed by atoms with E-state index in [2.05, 4.69) is 38.2 Å². The van der Waals surface area contributed by atoms with Gasteiger partial charge in [0.05, 0.1) is 19.9 Å². The van der Waals surface area contributed by atoms with E-state index in [4.69, 9.17) is 9.47 Å². The zero-order chi connectivity index (χ0) is 18.5. The highest BCUT2D eigenvalue weighted by atomic mass is 16.5. The van der Waals surface area contributed by atoms with Gasteiger partial charge in [-0.1, -0.05) is 24.3 Å². The lowest BCUT2D eigenvalue weighted by Gasteiger charge is -2.09. The number of hydrogen-bond donors (Lipinski definition) is 0. The Hall–Kier alpha value is -3.61. The number of para-hydroxylation sites is 1. The summed E-state index contributed by atoms with van der Waals surface area (Å²) < 4.78 is 14.8. The topological polar surface area (TPSA) is 66.5 Å². The van der Waals surface area contributed by atoms with Gasteiger partial charge in [0.25, 0.3) is 0 Å². The van der Waals surface area contributed by atoms with Crippen LogP contribution in [0.4, 0.5) is 0 Å². The van der Waals surface area contributed by atoms with Crippen LogP contribution in [0.1, 0.15) is 5.56 Å². The Balaban J connectivity index is 1.51. The van der Waals surface area contributed by atoms with Gasteiger partial charge in [-0.25, -0.2) is 4.68 Å². The van der Waals surface area contributed by atoms with Gasteiger partial charge in [0.1, 0.15) is 30.8 Å². The van der Waals surface area contributed by atoms with Gasteiger partial charge in [0, 0.05) is 28.7 Å². The van der Waals surface area contributed by atoms with E-state index in [-0.39, 0.29) is 0 Å². The third-order valence-electron chi connectivity index (χ3n) is 4.20. The summed E-state index contributed by atoms with van der Waals surface area (Å²) in [6.07, 6.45) is 6.99. The number of nitrogens with zero attached hydrogens (tertiary/aromatic N) is 5. The fraction of sp³-hybridized carbons (Fsp3) is 0.150. The first-order valence-corrected chi connectivity index (χ1v) is 8.57. The number of rotatable bonds is 7. The first kappa shape index (κ1) is 16.8. The molecule has 0 bridgehead atoms. The average molecular weight is 361 g/mol. The van der Waals surface area contributed by atoms with Gasteiger partial charge in [-0.05, 0) is 18.2 Å². The number of hydrogen-bond acceptors (Lipinski definition) is 5. The molecule has 4 rings (SSSR count). The van der Waals surface area contributed by atoms with Crippen LogP contribution in [0.15, 0.2) is 72.5 Å². The Labute approximate surface area is 156 Å². The summed E-state index contributed by atoms with van der Waals surface area (Å²) in [5.41, 5.74) is 2.16. The van der Waals surface area contributed by atoms with Crippen LogP contribution in [-0.4, -0.2) is 39.4 Å². The minimum atomic E-state index is 0.549. The largest absolute Gasteiger partial charge is 0.497 e. The monoisotopic (exact) mass is 361 g/mol. The standard InChI is InChI=1S/C20H19N5O2/c1-26-17-5-4-6-18(11-17)27-10-9-24-13-16(12-23-25-14-21-22-15-25)19-7-2-3-8-20(19)24/h2-8,11-15H,9-10H2,1H3. The van der Waals surface area contributed by atoms with Gasteiger partial charge in [0.15, 0.2) is 0 Å². The second-order valence-corrected chi connectivity index (χ2v) is 5.91. The van der Waals surface area contributed by atoms with Crippen molar-refractivity contribution in [2.45, 2.75) is 6.54 Å². The van der Waals surface area contributed by atoms with E-state index < -0.39 is 0 Å². The van der Waals surface area contributed by atoms with Crippen molar-refractivity contribution in [2.24, 2.45) is 5.10 Å². The molecular weight excluding hydrogens is 342 g/mol. The number of ether oxygens (including phenoxy) is 2. The third-order valence-corrected chi connectivity index (χ3v) is 4.20. The molecule has 0 unspecified atom stereocenters. The molecule has 136 valence electrons. The van der Waals surface area contributed by atoms with E-state index >= 15 is 0 Å². The molecule has 7 heteroatoms. The van der Waals surface area contributed by atoms with E-state index in [0.29, 0.717) is 6.61 Å². The quantitative estimate of drug-likeness (QED) is 0.474. The number of methoxy groups -OCH3 is 1. The normalized spacial score (nSPS) is 11.3. The van der Waals surface area contributed by atoms with Crippen molar-refractivity contribution in [2.75, 3.05) is 13.7 Å². The van der Waals surface area contributed by atoms with Crippen molar-refractivity contribution in [3.8, 4) is 11.5 Å². The molecule has 0 aliphatic rings. The predicted octanol–water partition coefficient (Wildman–Crippen LogP) is 3.20. The molecule has 0 amide bonds. The zero-order valence-electron chi connectivity index (χ0n) is 14.9. The van der Waals surface area contributed by atoms with Crippen molar-refractivity contribution in [3.63, 3.8) is 0 Å². The Morgan fingerprint density at radius 2 is 1.85 bits per heavy atom. The molecule has 0 N–H and O–H groups in total. The summed E-state index contributed by atoms with van der Waals surface area (Å²) >= 11 is 0. The number of aromatic nitrogens is 4. The van der Waals surface area contributed by atoms with Crippen LogP contribution in [0.5, 0.6) is 11.5 Å². The highest BCUT2D eigenvalue weighted by Gasteiger charge is 2.07. The minimum Gasteiger partial charge on any atom is -0.497 e. The van der Waals surface area contributed by atoms with Crippen LogP contribution < -0.4 is 9.47 Å². The fourth-order valence-electron chi connectivity index (χ4n) is 2.90. The van der Waals surface area contributed by atoms with Crippen molar-refractivity contribution in [1.29, 1.82) is 0 Å². The Morgan fingerprint density at radius 1 is 1.04 bits per heavy atom. The third kappa shape index (κ3) is 3.82.